The molecular formula is C13H19NO3. The van der Waals surface area contributed by atoms with Crippen LogP contribution in [0.3, 0.4) is 0 Å². The highest BCUT2D eigenvalue weighted by Gasteiger charge is 2.25. The zero-order valence-electron chi connectivity index (χ0n) is 10.6. The van der Waals surface area contributed by atoms with Crippen molar-refractivity contribution >= 4 is 0 Å². The average molecular weight is 237 g/mol. The summed E-state index contributed by atoms with van der Waals surface area (Å²) in [6, 6.07) is 3.92. The van der Waals surface area contributed by atoms with E-state index in [0.29, 0.717) is 19.8 Å². The largest absolute Gasteiger partial charge is 0.489 e. The predicted octanol–water partition coefficient (Wildman–Crippen LogP) is 2.18. The molecule has 1 aromatic rings. The second-order valence-electron chi connectivity index (χ2n) is 5.28. The lowest BCUT2D eigenvalue weighted by Gasteiger charge is -2.19. The summed E-state index contributed by atoms with van der Waals surface area (Å²) >= 11 is 0. The summed E-state index contributed by atoms with van der Waals surface area (Å²) < 4.78 is 11.6. The van der Waals surface area contributed by atoms with Gasteiger partial charge >= 0.3 is 0 Å². The minimum atomic E-state index is 0.0253. The number of hydrogen-bond acceptors (Lipinski definition) is 4. The first-order valence-electron chi connectivity index (χ1n) is 5.73. The topological polar surface area (TPSA) is 53.7 Å². The third-order valence-corrected chi connectivity index (χ3v) is 2.88. The van der Waals surface area contributed by atoms with Crippen molar-refractivity contribution in [2.24, 2.45) is 11.3 Å². The maximum Gasteiger partial charge on any atom is 0.161 e. The van der Waals surface area contributed by atoms with Crippen LogP contribution in [-0.4, -0.2) is 13.2 Å². The second kappa shape index (κ2) is 4.55. The minimum absolute atomic E-state index is 0.0253. The second-order valence-corrected chi connectivity index (χ2v) is 5.28. The zero-order valence-corrected chi connectivity index (χ0v) is 10.6. The Hall–Kier alpha value is -1.26. The van der Waals surface area contributed by atoms with Crippen molar-refractivity contribution in [3.05, 3.63) is 23.3 Å². The fourth-order valence-electron chi connectivity index (χ4n) is 1.76. The van der Waals surface area contributed by atoms with Crippen molar-refractivity contribution in [3.8, 4) is 11.5 Å². The summed E-state index contributed by atoms with van der Waals surface area (Å²) in [5.74, 6) is 6.68. The Bertz CT molecular complexity index is 415. The number of benzene rings is 1. The van der Waals surface area contributed by atoms with E-state index in [1.54, 1.807) is 0 Å². The lowest BCUT2D eigenvalue weighted by atomic mass is 9.97. The highest BCUT2D eigenvalue weighted by atomic mass is 16.6. The molecule has 2 rings (SSSR count). The van der Waals surface area contributed by atoms with E-state index in [1.807, 2.05) is 19.1 Å². The number of nitrogens with two attached hydrogens (primary N) is 1. The summed E-state index contributed by atoms with van der Waals surface area (Å²) in [6.45, 7) is 7.93. The standard InChI is InChI=1S/C13H19NO3/c1-9-4-11-12(5-10(9)6-17-14)16-8-13(2,3)7-15-11/h4-5H,6-8,14H2,1-3H3. The highest BCUT2D eigenvalue weighted by Crippen LogP contribution is 2.35. The fourth-order valence-corrected chi connectivity index (χ4v) is 1.76. The van der Waals surface area contributed by atoms with Gasteiger partial charge < -0.3 is 9.47 Å². The van der Waals surface area contributed by atoms with Crippen molar-refractivity contribution in [3.63, 3.8) is 0 Å². The molecule has 0 radical (unpaired) electrons. The molecule has 0 saturated carbocycles. The van der Waals surface area contributed by atoms with Gasteiger partial charge in [0.25, 0.3) is 0 Å². The first-order chi connectivity index (χ1) is 8.02. The van der Waals surface area contributed by atoms with Gasteiger partial charge in [0.2, 0.25) is 0 Å². The fraction of sp³-hybridized carbons (Fsp3) is 0.538. The van der Waals surface area contributed by atoms with Crippen LogP contribution in [0.1, 0.15) is 25.0 Å². The molecule has 1 aliphatic rings. The normalized spacial score (nSPS) is 17.6. The smallest absolute Gasteiger partial charge is 0.161 e. The maximum atomic E-state index is 5.78. The summed E-state index contributed by atoms with van der Waals surface area (Å²) in [5.41, 5.74) is 2.14. The van der Waals surface area contributed by atoms with Crippen molar-refractivity contribution in [1.82, 2.24) is 0 Å². The van der Waals surface area contributed by atoms with Gasteiger partial charge in [0.1, 0.15) is 0 Å². The molecular weight excluding hydrogens is 218 g/mol. The zero-order chi connectivity index (χ0) is 12.5. The van der Waals surface area contributed by atoms with Gasteiger partial charge in [0.15, 0.2) is 11.5 Å². The summed E-state index contributed by atoms with van der Waals surface area (Å²) in [4.78, 5) is 4.68. The number of rotatable bonds is 2. The van der Waals surface area contributed by atoms with Gasteiger partial charge in [-0.2, -0.15) is 0 Å². The van der Waals surface area contributed by atoms with E-state index >= 15 is 0 Å². The molecule has 0 unspecified atom stereocenters. The maximum absolute atomic E-state index is 5.78. The molecule has 1 aromatic carbocycles. The van der Waals surface area contributed by atoms with Gasteiger partial charge in [-0.3, -0.25) is 4.84 Å². The van der Waals surface area contributed by atoms with Gasteiger partial charge in [0.05, 0.1) is 19.8 Å². The molecule has 0 aromatic heterocycles. The summed E-state index contributed by atoms with van der Waals surface area (Å²) in [5, 5.41) is 0. The Balaban J connectivity index is 2.31. The molecule has 94 valence electrons. The number of ether oxygens (including phenoxy) is 2. The first-order valence-corrected chi connectivity index (χ1v) is 5.73. The summed E-state index contributed by atoms with van der Waals surface area (Å²) in [6.07, 6.45) is 0. The van der Waals surface area contributed by atoms with E-state index in [1.165, 1.54) is 0 Å². The monoisotopic (exact) mass is 237 g/mol. The Morgan fingerprint density at radius 3 is 2.41 bits per heavy atom. The molecule has 2 N–H and O–H groups in total. The molecule has 0 fully saturated rings. The SMILES string of the molecule is Cc1cc2c(cc1CON)OCC(C)(C)CO2. The van der Waals surface area contributed by atoms with Gasteiger partial charge in [-0.05, 0) is 30.2 Å². The third-order valence-electron chi connectivity index (χ3n) is 2.88. The predicted molar refractivity (Wildman–Crippen MR) is 64.9 cm³/mol. The molecule has 0 saturated heterocycles. The molecule has 0 aliphatic carbocycles. The Kier molecular flexibility index (Phi) is 3.26. The Morgan fingerprint density at radius 2 is 1.82 bits per heavy atom. The summed E-state index contributed by atoms with van der Waals surface area (Å²) in [7, 11) is 0. The van der Waals surface area contributed by atoms with Gasteiger partial charge in [-0.15, -0.1) is 0 Å². The van der Waals surface area contributed by atoms with Crippen molar-refractivity contribution in [2.45, 2.75) is 27.4 Å². The van der Waals surface area contributed by atoms with Crippen LogP contribution in [0.15, 0.2) is 12.1 Å². The Labute approximate surface area is 102 Å². The third kappa shape index (κ3) is 2.70. The van der Waals surface area contributed by atoms with E-state index in [2.05, 4.69) is 18.7 Å². The van der Waals surface area contributed by atoms with Gasteiger partial charge in [0, 0.05) is 5.41 Å². The minimum Gasteiger partial charge on any atom is -0.489 e. The quantitative estimate of drug-likeness (QED) is 0.801. The lowest BCUT2D eigenvalue weighted by Crippen LogP contribution is -2.26. The molecule has 0 amide bonds. The number of fused-ring (bicyclic) bond motifs is 1. The van der Waals surface area contributed by atoms with E-state index in [4.69, 9.17) is 15.4 Å². The van der Waals surface area contributed by atoms with Crippen molar-refractivity contribution in [1.29, 1.82) is 0 Å². The van der Waals surface area contributed by atoms with Gasteiger partial charge in [-0.25, -0.2) is 5.90 Å². The van der Waals surface area contributed by atoms with Crippen LogP contribution < -0.4 is 15.4 Å². The highest BCUT2D eigenvalue weighted by molar-refractivity contribution is 5.47. The molecule has 0 spiro atoms. The number of aryl methyl sites for hydroxylation is 1. The van der Waals surface area contributed by atoms with Crippen LogP contribution in [0.2, 0.25) is 0 Å². The van der Waals surface area contributed by atoms with Crippen molar-refractivity contribution in [2.75, 3.05) is 13.2 Å². The van der Waals surface area contributed by atoms with Crippen LogP contribution in [-0.2, 0) is 11.4 Å². The van der Waals surface area contributed by atoms with Crippen LogP contribution >= 0.6 is 0 Å². The van der Waals surface area contributed by atoms with E-state index in [-0.39, 0.29) is 5.41 Å². The lowest BCUT2D eigenvalue weighted by molar-refractivity contribution is 0.123. The van der Waals surface area contributed by atoms with Crippen LogP contribution in [0.5, 0.6) is 11.5 Å². The van der Waals surface area contributed by atoms with Crippen LogP contribution in [0, 0.1) is 12.3 Å². The van der Waals surface area contributed by atoms with Crippen molar-refractivity contribution < 1.29 is 14.3 Å². The first kappa shape index (κ1) is 12.2. The average Bonchev–Trinajstić information content (AvgIpc) is 2.40. The number of hydrogen-bond donors (Lipinski definition) is 1. The Morgan fingerprint density at radius 1 is 1.24 bits per heavy atom. The van der Waals surface area contributed by atoms with E-state index in [0.717, 1.165) is 22.6 Å². The van der Waals surface area contributed by atoms with E-state index in [9.17, 15) is 0 Å². The molecule has 1 heterocycles. The molecule has 0 bridgehead atoms. The molecule has 1 aliphatic heterocycles. The molecule has 4 nitrogen and oxygen atoms in total. The molecule has 0 atom stereocenters. The van der Waals surface area contributed by atoms with Crippen LogP contribution in [0.25, 0.3) is 0 Å². The van der Waals surface area contributed by atoms with Crippen LogP contribution in [0.4, 0.5) is 0 Å². The molecule has 4 heteroatoms. The van der Waals surface area contributed by atoms with E-state index < -0.39 is 0 Å². The molecule has 17 heavy (non-hydrogen) atoms. The van der Waals surface area contributed by atoms with Gasteiger partial charge in [-0.1, -0.05) is 13.8 Å².